The minimum atomic E-state index is -0.0879. The second-order valence-corrected chi connectivity index (χ2v) is 10.6. The fourth-order valence-electron chi connectivity index (χ4n) is 5.95. The van der Waals surface area contributed by atoms with Crippen LogP contribution in [0.2, 0.25) is 0 Å². The van der Waals surface area contributed by atoms with Crippen molar-refractivity contribution in [3.05, 3.63) is 65.2 Å². The Morgan fingerprint density at radius 2 is 1.97 bits per heavy atom. The van der Waals surface area contributed by atoms with Crippen LogP contribution in [0.25, 0.3) is 0 Å². The second kappa shape index (κ2) is 10.3. The molecule has 6 heteroatoms. The van der Waals surface area contributed by atoms with Gasteiger partial charge in [0.2, 0.25) is 5.91 Å². The maximum atomic E-state index is 13.6. The van der Waals surface area contributed by atoms with Crippen LogP contribution >= 0.6 is 0 Å². The van der Waals surface area contributed by atoms with Crippen LogP contribution in [0.15, 0.2) is 48.5 Å². The number of amides is 3. The number of hydrogen-bond acceptors (Lipinski definition) is 3. The first-order chi connectivity index (χ1) is 17.0. The summed E-state index contributed by atoms with van der Waals surface area (Å²) >= 11 is 0. The van der Waals surface area contributed by atoms with Gasteiger partial charge in [0.05, 0.1) is 18.6 Å². The lowest BCUT2D eigenvalue weighted by Gasteiger charge is -2.51. The molecule has 3 aliphatic rings. The predicted octanol–water partition coefficient (Wildman–Crippen LogP) is 4.58. The van der Waals surface area contributed by atoms with Crippen LogP contribution in [0.5, 0.6) is 5.75 Å². The number of hydrogen-bond donors (Lipinski definition) is 1. The van der Waals surface area contributed by atoms with Gasteiger partial charge in [-0.1, -0.05) is 50.2 Å². The zero-order chi connectivity index (χ0) is 24.4. The standard InChI is InChI=1S/C29H37N3O3/c1-20(2)19-35-23-10-11-24-22(17-23)13-16-31-26(24)18-27-25(28(31)33)9-6-15-32(27)29(34)30-14-12-21-7-4-3-5-8-21/h3-5,7-8,10-11,17,20,25-27H,6,9,12-16,18-19H2,1-2H3,(H,30,34)/t25-,26-,27-/m1/s1. The number of fused-ring (bicyclic) bond motifs is 4. The largest absolute Gasteiger partial charge is 0.493 e. The Morgan fingerprint density at radius 3 is 2.77 bits per heavy atom. The summed E-state index contributed by atoms with van der Waals surface area (Å²) in [6.45, 7) is 7.05. The quantitative estimate of drug-likeness (QED) is 0.665. The Balaban J connectivity index is 1.29. The predicted molar refractivity (Wildman–Crippen MR) is 136 cm³/mol. The number of nitrogens with one attached hydrogen (secondary N) is 1. The molecule has 0 unspecified atom stereocenters. The molecule has 6 nitrogen and oxygen atoms in total. The SMILES string of the molecule is CC(C)COc1ccc2c(c1)CCN1C(=O)[C@@H]3CCCN(C(=O)NCCc4ccccc4)[C@@H]3C[C@H]21. The van der Waals surface area contributed by atoms with Gasteiger partial charge in [-0.3, -0.25) is 4.79 Å². The first kappa shape index (κ1) is 23.7. The van der Waals surface area contributed by atoms with Crippen molar-refractivity contribution < 1.29 is 14.3 Å². The molecule has 35 heavy (non-hydrogen) atoms. The van der Waals surface area contributed by atoms with Gasteiger partial charge in [0, 0.05) is 25.7 Å². The van der Waals surface area contributed by atoms with Gasteiger partial charge in [0.1, 0.15) is 5.75 Å². The fraction of sp³-hybridized carbons (Fsp3) is 0.517. The minimum absolute atomic E-state index is 0.0318. The number of urea groups is 1. The monoisotopic (exact) mass is 475 g/mol. The van der Waals surface area contributed by atoms with E-state index in [1.165, 1.54) is 16.7 Å². The Labute approximate surface area is 208 Å². The van der Waals surface area contributed by atoms with Crippen LogP contribution in [0.1, 0.15) is 55.8 Å². The Morgan fingerprint density at radius 1 is 1.14 bits per heavy atom. The van der Waals surface area contributed by atoms with Crippen molar-refractivity contribution in [2.75, 3.05) is 26.2 Å². The van der Waals surface area contributed by atoms with Crippen LogP contribution in [0.4, 0.5) is 4.79 Å². The van der Waals surface area contributed by atoms with E-state index in [-0.39, 0.29) is 29.9 Å². The minimum Gasteiger partial charge on any atom is -0.493 e. The Hall–Kier alpha value is -3.02. The molecule has 0 bridgehead atoms. The molecular weight excluding hydrogens is 438 g/mol. The van der Waals surface area contributed by atoms with E-state index < -0.39 is 0 Å². The summed E-state index contributed by atoms with van der Waals surface area (Å²) < 4.78 is 5.95. The average Bonchev–Trinajstić information content (AvgIpc) is 2.87. The number of piperidine rings is 2. The van der Waals surface area contributed by atoms with E-state index in [9.17, 15) is 9.59 Å². The van der Waals surface area contributed by atoms with E-state index >= 15 is 0 Å². The molecule has 3 aliphatic heterocycles. The van der Waals surface area contributed by atoms with Crippen LogP contribution in [0, 0.1) is 11.8 Å². The molecule has 2 saturated heterocycles. The highest BCUT2D eigenvalue weighted by atomic mass is 16.5. The van der Waals surface area contributed by atoms with Gasteiger partial charge >= 0.3 is 6.03 Å². The molecule has 2 aromatic carbocycles. The van der Waals surface area contributed by atoms with E-state index in [0.717, 1.165) is 44.4 Å². The molecule has 0 aliphatic carbocycles. The lowest BCUT2D eigenvalue weighted by molar-refractivity contribution is -0.148. The van der Waals surface area contributed by atoms with Gasteiger partial charge in [0.25, 0.3) is 0 Å². The van der Waals surface area contributed by atoms with Crippen molar-refractivity contribution in [3.63, 3.8) is 0 Å². The zero-order valence-corrected chi connectivity index (χ0v) is 20.9. The number of carbonyl (C=O) groups is 2. The van der Waals surface area contributed by atoms with Crippen LogP contribution in [-0.2, 0) is 17.6 Å². The summed E-state index contributed by atoms with van der Waals surface area (Å²) in [5.41, 5.74) is 3.70. The Kier molecular flexibility index (Phi) is 6.98. The average molecular weight is 476 g/mol. The van der Waals surface area contributed by atoms with Crippen molar-refractivity contribution in [2.45, 2.75) is 58.0 Å². The van der Waals surface area contributed by atoms with Crippen molar-refractivity contribution in [1.82, 2.24) is 15.1 Å². The lowest BCUT2D eigenvalue weighted by Crippen LogP contribution is -2.61. The number of rotatable bonds is 6. The number of carbonyl (C=O) groups excluding carboxylic acids is 2. The van der Waals surface area contributed by atoms with E-state index in [1.54, 1.807) is 0 Å². The van der Waals surface area contributed by atoms with Crippen LogP contribution < -0.4 is 10.1 Å². The van der Waals surface area contributed by atoms with Gasteiger partial charge < -0.3 is 19.9 Å². The fourth-order valence-corrected chi connectivity index (χ4v) is 5.95. The third kappa shape index (κ3) is 5.02. The van der Waals surface area contributed by atoms with E-state index in [1.807, 2.05) is 29.2 Å². The van der Waals surface area contributed by atoms with Gasteiger partial charge in [-0.15, -0.1) is 0 Å². The van der Waals surface area contributed by atoms with Crippen molar-refractivity contribution in [2.24, 2.45) is 11.8 Å². The zero-order valence-electron chi connectivity index (χ0n) is 20.9. The first-order valence-electron chi connectivity index (χ1n) is 13.2. The molecule has 0 radical (unpaired) electrons. The third-order valence-corrected chi connectivity index (χ3v) is 7.69. The van der Waals surface area contributed by atoms with Crippen molar-refractivity contribution in [3.8, 4) is 5.75 Å². The summed E-state index contributed by atoms with van der Waals surface area (Å²) in [5.74, 6) is 1.52. The number of ether oxygens (including phenoxy) is 1. The highest BCUT2D eigenvalue weighted by molar-refractivity contribution is 5.83. The second-order valence-electron chi connectivity index (χ2n) is 10.6. The van der Waals surface area contributed by atoms with Crippen LogP contribution in [0.3, 0.4) is 0 Å². The molecule has 2 aromatic rings. The molecule has 3 atom stereocenters. The lowest BCUT2D eigenvalue weighted by atomic mass is 9.76. The summed E-state index contributed by atoms with van der Waals surface area (Å²) in [6, 6.07) is 16.5. The first-order valence-corrected chi connectivity index (χ1v) is 13.2. The number of benzene rings is 2. The maximum absolute atomic E-state index is 13.6. The highest BCUT2D eigenvalue weighted by Gasteiger charge is 2.48. The highest BCUT2D eigenvalue weighted by Crippen LogP contribution is 2.44. The van der Waals surface area contributed by atoms with E-state index in [2.05, 4.69) is 48.3 Å². The maximum Gasteiger partial charge on any atom is 0.317 e. The normalized spacial score (nSPS) is 23.4. The molecule has 2 fully saturated rings. The van der Waals surface area contributed by atoms with Crippen molar-refractivity contribution >= 4 is 11.9 Å². The molecule has 1 N–H and O–H groups in total. The summed E-state index contributed by atoms with van der Waals surface area (Å²) in [5, 5.41) is 3.12. The van der Waals surface area contributed by atoms with Gasteiger partial charge in [-0.2, -0.15) is 0 Å². The van der Waals surface area contributed by atoms with Gasteiger partial charge in [-0.25, -0.2) is 4.79 Å². The smallest absolute Gasteiger partial charge is 0.317 e. The molecule has 0 aromatic heterocycles. The van der Waals surface area contributed by atoms with Gasteiger partial charge in [0.15, 0.2) is 0 Å². The molecule has 186 valence electrons. The molecule has 0 saturated carbocycles. The summed E-state index contributed by atoms with van der Waals surface area (Å²) in [6.07, 6.45) is 4.22. The summed E-state index contributed by atoms with van der Waals surface area (Å²) in [7, 11) is 0. The topological polar surface area (TPSA) is 61.9 Å². The summed E-state index contributed by atoms with van der Waals surface area (Å²) in [4.78, 5) is 30.8. The molecule has 0 spiro atoms. The Bertz CT molecular complexity index is 1050. The molecule has 3 heterocycles. The van der Waals surface area contributed by atoms with Gasteiger partial charge in [-0.05, 0) is 66.8 Å². The molecule has 5 rings (SSSR count). The van der Waals surface area contributed by atoms with Crippen molar-refractivity contribution in [1.29, 1.82) is 0 Å². The number of nitrogens with zero attached hydrogens (tertiary/aromatic N) is 2. The third-order valence-electron chi connectivity index (χ3n) is 7.69. The van der Waals surface area contributed by atoms with E-state index in [0.29, 0.717) is 25.6 Å². The number of likely N-dealkylation sites (tertiary alicyclic amines) is 1. The molecule has 3 amide bonds. The van der Waals surface area contributed by atoms with E-state index in [4.69, 9.17) is 4.74 Å². The molecular formula is C29H37N3O3. The van der Waals surface area contributed by atoms with Crippen LogP contribution in [-0.4, -0.2) is 54.0 Å².